The largest absolute Gasteiger partial charge is 0.452 e. The number of esters is 1. The van der Waals surface area contributed by atoms with Crippen LogP contribution in [0.15, 0.2) is 73.3 Å². The van der Waals surface area contributed by atoms with Gasteiger partial charge < -0.3 is 19.3 Å². The fraction of sp³-hybridized carbons (Fsp3) is 0.414. The predicted molar refractivity (Wildman–Crippen MR) is 143 cm³/mol. The van der Waals surface area contributed by atoms with Gasteiger partial charge in [-0.3, -0.25) is 0 Å². The molecular weight excluding hydrogens is 488 g/mol. The van der Waals surface area contributed by atoms with Gasteiger partial charge in [-0.05, 0) is 71.7 Å². The van der Waals surface area contributed by atoms with Crippen LogP contribution in [-0.2, 0) is 20.6 Å². The van der Waals surface area contributed by atoms with Gasteiger partial charge in [0.25, 0.3) is 0 Å². The summed E-state index contributed by atoms with van der Waals surface area (Å²) in [6.07, 6.45) is -3.26. The number of nitrogens with zero attached hydrogens (tertiary/aromatic N) is 1. The highest BCUT2D eigenvalue weighted by atomic mass is 16.6. The minimum Gasteiger partial charge on any atom is -0.452 e. The number of hydrogen-bond acceptors (Lipinski definition) is 7. The van der Waals surface area contributed by atoms with E-state index in [-0.39, 0.29) is 12.0 Å². The second kappa shape index (κ2) is 13.1. The molecule has 0 spiro atoms. The number of hydrazine groups is 1. The third-order valence-electron chi connectivity index (χ3n) is 5.04. The van der Waals surface area contributed by atoms with Crippen LogP contribution >= 0.6 is 0 Å². The highest BCUT2D eigenvalue weighted by Gasteiger charge is 2.39. The quantitative estimate of drug-likeness (QED) is 0.214. The zero-order valence-corrected chi connectivity index (χ0v) is 22.8. The normalized spacial score (nSPS) is 13.9. The van der Waals surface area contributed by atoms with E-state index >= 15 is 0 Å². The molecule has 0 aromatic heterocycles. The molecular formula is C29H38N2O7. The van der Waals surface area contributed by atoms with Gasteiger partial charge in [0, 0.05) is 0 Å². The lowest BCUT2D eigenvalue weighted by atomic mass is 9.97. The van der Waals surface area contributed by atoms with Gasteiger partial charge in [0.2, 0.25) is 0 Å². The Kier molecular flexibility index (Phi) is 10.5. The minimum absolute atomic E-state index is 0.0737. The van der Waals surface area contributed by atoms with Crippen molar-refractivity contribution in [2.75, 3.05) is 0 Å². The monoisotopic (exact) mass is 526 g/mol. The summed E-state index contributed by atoms with van der Waals surface area (Å²) in [5, 5.41) is 12.4. The molecule has 9 heteroatoms. The fourth-order valence-electron chi connectivity index (χ4n) is 3.44. The lowest BCUT2D eigenvalue weighted by Gasteiger charge is -2.37. The summed E-state index contributed by atoms with van der Waals surface area (Å²) in [5.41, 5.74) is 1.68. The Balaban J connectivity index is 2.47. The van der Waals surface area contributed by atoms with Crippen LogP contribution in [0.2, 0.25) is 0 Å². The Morgan fingerprint density at radius 3 is 1.95 bits per heavy atom. The number of aliphatic hydroxyl groups excluding tert-OH is 1. The Morgan fingerprint density at radius 1 is 0.921 bits per heavy atom. The minimum atomic E-state index is -1.51. The summed E-state index contributed by atoms with van der Waals surface area (Å²) in [4.78, 5) is 38.8. The maximum Gasteiger partial charge on any atom is 0.429 e. The summed E-state index contributed by atoms with van der Waals surface area (Å²) in [6.45, 7) is 13.8. The van der Waals surface area contributed by atoms with E-state index in [1.165, 1.54) is 6.08 Å². The molecule has 0 aliphatic rings. The average Bonchev–Trinajstić information content (AvgIpc) is 2.83. The lowest BCUT2D eigenvalue weighted by molar-refractivity contribution is -0.0589. The van der Waals surface area contributed by atoms with Gasteiger partial charge >= 0.3 is 18.2 Å². The van der Waals surface area contributed by atoms with Crippen molar-refractivity contribution in [2.24, 2.45) is 0 Å². The van der Waals surface area contributed by atoms with E-state index in [4.69, 9.17) is 14.2 Å². The summed E-state index contributed by atoms with van der Waals surface area (Å²) in [5.74, 6) is -0.683. The van der Waals surface area contributed by atoms with E-state index in [0.29, 0.717) is 0 Å². The Hall–Kier alpha value is -3.85. The zero-order chi connectivity index (χ0) is 28.5. The first kappa shape index (κ1) is 30.4. The molecule has 206 valence electrons. The third-order valence-corrected chi connectivity index (χ3v) is 5.04. The van der Waals surface area contributed by atoms with Crippen LogP contribution in [0.25, 0.3) is 0 Å². The number of ether oxygens (including phenoxy) is 3. The number of amides is 2. The van der Waals surface area contributed by atoms with Crippen molar-refractivity contribution < 1.29 is 33.7 Å². The molecule has 0 heterocycles. The highest BCUT2D eigenvalue weighted by molar-refractivity contribution is 5.89. The third kappa shape index (κ3) is 9.89. The molecule has 2 N–H and O–H groups in total. The molecule has 0 radical (unpaired) electrons. The molecule has 2 amide bonds. The molecule has 0 saturated carbocycles. The van der Waals surface area contributed by atoms with Gasteiger partial charge in [-0.15, -0.1) is 0 Å². The molecule has 38 heavy (non-hydrogen) atoms. The number of benzene rings is 2. The Bertz CT molecular complexity index is 1080. The number of nitrogens with one attached hydrogen (secondary N) is 1. The maximum absolute atomic E-state index is 13.3. The Labute approximate surface area is 224 Å². The average molecular weight is 527 g/mol. The summed E-state index contributed by atoms with van der Waals surface area (Å²) < 4.78 is 16.4. The van der Waals surface area contributed by atoms with Crippen molar-refractivity contribution in [3.8, 4) is 0 Å². The number of hydrogen-bond donors (Lipinski definition) is 2. The van der Waals surface area contributed by atoms with E-state index in [9.17, 15) is 19.5 Å². The molecule has 0 bridgehead atoms. The van der Waals surface area contributed by atoms with Crippen molar-refractivity contribution in [3.05, 3.63) is 84.4 Å². The van der Waals surface area contributed by atoms with Crippen LogP contribution in [0.5, 0.6) is 0 Å². The molecule has 0 unspecified atom stereocenters. The molecule has 0 saturated heterocycles. The molecule has 2 aromatic rings. The van der Waals surface area contributed by atoms with Gasteiger partial charge in [-0.1, -0.05) is 55.1 Å². The smallest absolute Gasteiger partial charge is 0.429 e. The zero-order valence-electron chi connectivity index (χ0n) is 22.8. The van der Waals surface area contributed by atoms with Gasteiger partial charge in [-0.25, -0.2) is 24.8 Å². The first-order chi connectivity index (χ1) is 17.7. The van der Waals surface area contributed by atoms with E-state index in [2.05, 4.69) is 12.0 Å². The number of carbonyl (C=O) groups excluding carboxylic acids is 3. The molecule has 2 rings (SSSR count). The van der Waals surface area contributed by atoms with Crippen LogP contribution in [0, 0.1) is 0 Å². The highest BCUT2D eigenvalue weighted by Crippen LogP contribution is 2.21. The van der Waals surface area contributed by atoms with E-state index in [1.54, 1.807) is 96.1 Å². The molecule has 0 aliphatic carbocycles. The number of rotatable bonds is 8. The van der Waals surface area contributed by atoms with Gasteiger partial charge in [0.15, 0.2) is 0 Å². The van der Waals surface area contributed by atoms with Gasteiger partial charge in [-0.2, -0.15) is 0 Å². The lowest BCUT2D eigenvalue weighted by Crippen LogP contribution is -2.60. The second-order valence-electron chi connectivity index (χ2n) is 10.7. The first-order valence-electron chi connectivity index (χ1n) is 12.3. The Morgan fingerprint density at radius 2 is 1.45 bits per heavy atom. The van der Waals surface area contributed by atoms with Crippen LogP contribution in [0.4, 0.5) is 9.59 Å². The molecule has 2 aromatic carbocycles. The van der Waals surface area contributed by atoms with Crippen molar-refractivity contribution in [1.29, 1.82) is 0 Å². The summed E-state index contributed by atoms with van der Waals surface area (Å²) in [7, 11) is 0. The standard InChI is InChI=1S/C29H38N2O7/c1-8-23(36-25(33)21-17-13-10-14-18-21)24(32)22(19-20-15-11-9-12-16-20)31(27(35)38-29(5,6)7)30-26(34)37-28(2,3)4/h8-18,22-24,32H,1,19H2,2-7H3,(H,30,34)/t22-,23+,24-/m1/s1. The molecule has 0 aliphatic heterocycles. The molecule has 9 nitrogen and oxygen atoms in total. The van der Waals surface area contributed by atoms with Crippen LogP contribution in [0.1, 0.15) is 57.5 Å². The van der Waals surface area contributed by atoms with Crippen LogP contribution in [0.3, 0.4) is 0 Å². The number of aliphatic hydroxyl groups is 1. The molecule has 0 fully saturated rings. The van der Waals surface area contributed by atoms with E-state index < -0.39 is 47.6 Å². The molecule has 3 atom stereocenters. The topological polar surface area (TPSA) is 114 Å². The van der Waals surface area contributed by atoms with Crippen LogP contribution in [-0.4, -0.2) is 57.7 Å². The summed E-state index contributed by atoms with van der Waals surface area (Å²) in [6, 6.07) is 16.2. The SMILES string of the molecule is C=C[C@H](OC(=O)c1ccccc1)[C@H](O)[C@@H](Cc1ccccc1)N(NC(=O)OC(C)(C)C)C(=O)OC(C)(C)C. The van der Waals surface area contributed by atoms with Gasteiger partial charge in [0.1, 0.15) is 23.4 Å². The van der Waals surface area contributed by atoms with E-state index in [1.807, 2.05) is 6.07 Å². The van der Waals surface area contributed by atoms with Gasteiger partial charge in [0.05, 0.1) is 11.6 Å². The maximum atomic E-state index is 13.3. The van der Waals surface area contributed by atoms with Crippen LogP contribution < -0.4 is 5.43 Å². The fourth-order valence-corrected chi connectivity index (χ4v) is 3.44. The second-order valence-corrected chi connectivity index (χ2v) is 10.7. The van der Waals surface area contributed by atoms with Crippen molar-refractivity contribution >= 4 is 18.2 Å². The first-order valence-corrected chi connectivity index (χ1v) is 12.3. The van der Waals surface area contributed by atoms with Crippen molar-refractivity contribution in [1.82, 2.24) is 10.4 Å². The van der Waals surface area contributed by atoms with E-state index in [0.717, 1.165) is 10.6 Å². The van der Waals surface area contributed by atoms with Crippen molar-refractivity contribution in [3.63, 3.8) is 0 Å². The number of carbonyl (C=O) groups is 3. The summed E-state index contributed by atoms with van der Waals surface area (Å²) >= 11 is 0. The van der Waals surface area contributed by atoms with Crippen molar-refractivity contribution in [2.45, 2.75) is 77.4 Å². The predicted octanol–water partition coefficient (Wildman–Crippen LogP) is 5.05.